The van der Waals surface area contributed by atoms with E-state index in [9.17, 15) is 0 Å². The number of aromatic nitrogens is 6. The second-order valence-corrected chi connectivity index (χ2v) is 17.6. The van der Waals surface area contributed by atoms with Crippen molar-refractivity contribution < 1.29 is 0 Å². The maximum atomic E-state index is 5.14. The zero-order valence-electron chi connectivity index (χ0n) is 37.3. The monoisotopic (exact) mass is 880 g/mol. The summed E-state index contributed by atoms with van der Waals surface area (Å²) in [5, 5.41) is 7.37. The molecule has 4 aromatic heterocycles. The Morgan fingerprint density at radius 2 is 0.478 bits per heavy atom. The molecule has 0 fully saturated rings. The Kier molecular flexibility index (Phi) is 8.79. The number of nitrogens with zero attached hydrogens (tertiary/aromatic N) is 6. The molecular formula is C63H40N6. The van der Waals surface area contributed by atoms with Gasteiger partial charge in [0.2, 0.25) is 0 Å². The maximum absolute atomic E-state index is 5.14. The summed E-state index contributed by atoms with van der Waals surface area (Å²) in [4.78, 5) is 15.3. The fourth-order valence-electron chi connectivity index (χ4n) is 10.5. The number of fused-ring (bicyclic) bond motifs is 9. The quantitative estimate of drug-likeness (QED) is 0.160. The minimum Gasteiger partial charge on any atom is -0.309 e. The van der Waals surface area contributed by atoms with Crippen molar-refractivity contribution in [3.63, 3.8) is 0 Å². The molecule has 0 bridgehead atoms. The number of benzene rings is 10. The largest absolute Gasteiger partial charge is 0.309 e. The molecule has 0 atom stereocenters. The SMILES string of the molecule is c1ccc(-c2nc(-c3ccc(-n4c5ccccc5c5ccccc54)cc3)nc(-c3ccc(-n4c5ccccc5c5cc(-c6ccc7c(c6)c6ccccc6n7-c6ccccc6)ccc54)cc3)n2)cc1. The highest BCUT2D eigenvalue weighted by molar-refractivity contribution is 6.13. The van der Waals surface area contributed by atoms with Crippen LogP contribution in [0.25, 0.3) is 128 Å². The van der Waals surface area contributed by atoms with Gasteiger partial charge in [0.25, 0.3) is 0 Å². The van der Waals surface area contributed by atoms with Gasteiger partial charge in [0.15, 0.2) is 17.5 Å². The fraction of sp³-hybridized carbons (Fsp3) is 0. The third-order valence-electron chi connectivity index (χ3n) is 13.7. The van der Waals surface area contributed by atoms with Gasteiger partial charge >= 0.3 is 0 Å². The summed E-state index contributed by atoms with van der Waals surface area (Å²) in [5.74, 6) is 1.87. The van der Waals surface area contributed by atoms with Crippen molar-refractivity contribution in [1.29, 1.82) is 0 Å². The molecule has 69 heavy (non-hydrogen) atoms. The van der Waals surface area contributed by atoms with Gasteiger partial charge in [-0.1, -0.05) is 133 Å². The first kappa shape index (κ1) is 38.8. The van der Waals surface area contributed by atoms with Crippen molar-refractivity contribution in [3.05, 3.63) is 243 Å². The van der Waals surface area contributed by atoms with Gasteiger partial charge in [0, 0.05) is 66.1 Å². The molecule has 0 saturated carbocycles. The van der Waals surface area contributed by atoms with Crippen molar-refractivity contribution >= 4 is 65.4 Å². The van der Waals surface area contributed by atoms with Crippen LogP contribution in [0.1, 0.15) is 0 Å². The molecular weight excluding hydrogens is 841 g/mol. The summed E-state index contributed by atoms with van der Waals surface area (Å²) < 4.78 is 7.06. The Balaban J connectivity index is 0.837. The summed E-state index contributed by atoms with van der Waals surface area (Å²) in [6.07, 6.45) is 0. The van der Waals surface area contributed by atoms with E-state index < -0.39 is 0 Å². The van der Waals surface area contributed by atoms with E-state index in [-0.39, 0.29) is 0 Å². The Morgan fingerprint density at radius 3 is 0.870 bits per heavy atom. The molecule has 0 saturated heterocycles. The Labute approximate surface area is 397 Å². The molecule has 14 aromatic rings. The van der Waals surface area contributed by atoms with Crippen LogP contribution >= 0.6 is 0 Å². The maximum Gasteiger partial charge on any atom is 0.164 e. The first-order chi connectivity index (χ1) is 34.2. The normalized spacial score (nSPS) is 11.8. The second kappa shape index (κ2) is 15.6. The molecule has 4 heterocycles. The van der Waals surface area contributed by atoms with E-state index in [2.05, 4.69) is 226 Å². The van der Waals surface area contributed by atoms with Crippen LogP contribution in [0.2, 0.25) is 0 Å². The molecule has 0 aliphatic carbocycles. The lowest BCUT2D eigenvalue weighted by Crippen LogP contribution is -2.01. The van der Waals surface area contributed by atoms with E-state index >= 15 is 0 Å². The van der Waals surface area contributed by atoms with Gasteiger partial charge in [-0.3, -0.25) is 0 Å². The van der Waals surface area contributed by atoms with Crippen molar-refractivity contribution in [2.75, 3.05) is 0 Å². The minimum absolute atomic E-state index is 0.618. The van der Waals surface area contributed by atoms with Gasteiger partial charge in [-0.2, -0.15) is 0 Å². The molecule has 0 spiro atoms. The molecule has 0 radical (unpaired) electrons. The van der Waals surface area contributed by atoms with Gasteiger partial charge in [0.05, 0.1) is 33.1 Å². The average molecular weight is 881 g/mol. The van der Waals surface area contributed by atoms with Crippen molar-refractivity contribution in [1.82, 2.24) is 28.7 Å². The topological polar surface area (TPSA) is 53.5 Å². The van der Waals surface area contributed by atoms with Gasteiger partial charge in [0.1, 0.15) is 0 Å². The van der Waals surface area contributed by atoms with Crippen LogP contribution in [0.4, 0.5) is 0 Å². The molecule has 6 nitrogen and oxygen atoms in total. The lowest BCUT2D eigenvalue weighted by Gasteiger charge is -2.12. The highest BCUT2D eigenvalue weighted by atomic mass is 15.0. The average Bonchev–Trinajstić information content (AvgIpc) is 4.07. The summed E-state index contributed by atoms with van der Waals surface area (Å²) in [7, 11) is 0. The van der Waals surface area contributed by atoms with Crippen molar-refractivity contribution in [2.45, 2.75) is 0 Å². The molecule has 0 amide bonds. The number of para-hydroxylation sites is 5. The number of rotatable bonds is 7. The zero-order valence-corrected chi connectivity index (χ0v) is 37.3. The van der Waals surface area contributed by atoms with E-state index in [1.165, 1.54) is 65.5 Å². The summed E-state index contributed by atoms with van der Waals surface area (Å²) in [5.41, 5.74) is 15.5. The van der Waals surface area contributed by atoms with E-state index in [4.69, 9.17) is 15.0 Å². The Bertz CT molecular complexity index is 4220. The zero-order chi connectivity index (χ0) is 45.4. The first-order valence-electron chi connectivity index (χ1n) is 23.4. The van der Waals surface area contributed by atoms with E-state index in [0.717, 1.165) is 44.8 Å². The number of hydrogen-bond donors (Lipinski definition) is 0. The van der Waals surface area contributed by atoms with Crippen LogP contribution in [-0.2, 0) is 0 Å². The lowest BCUT2D eigenvalue weighted by atomic mass is 10.0. The molecule has 322 valence electrons. The Hall–Kier alpha value is -9.39. The summed E-state index contributed by atoms with van der Waals surface area (Å²) >= 11 is 0. The second-order valence-electron chi connectivity index (χ2n) is 17.6. The highest BCUT2D eigenvalue weighted by Gasteiger charge is 2.18. The van der Waals surface area contributed by atoms with Gasteiger partial charge in [-0.25, -0.2) is 15.0 Å². The summed E-state index contributed by atoms with van der Waals surface area (Å²) in [6, 6.07) is 86.3. The van der Waals surface area contributed by atoms with Gasteiger partial charge in [-0.05, 0) is 120 Å². The van der Waals surface area contributed by atoms with E-state index in [0.29, 0.717) is 17.5 Å². The van der Waals surface area contributed by atoms with Crippen LogP contribution in [0, 0.1) is 0 Å². The predicted octanol–water partition coefficient (Wildman–Crippen LogP) is 15.8. The smallest absolute Gasteiger partial charge is 0.164 e. The molecule has 0 aliphatic rings. The van der Waals surface area contributed by atoms with E-state index in [1.807, 2.05) is 30.3 Å². The molecule has 10 aromatic carbocycles. The van der Waals surface area contributed by atoms with Crippen LogP contribution < -0.4 is 0 Å². The minimum atomic E-state index is 0.618. The third kappa shape index (κ3) is 6.30. The van der Waals surface area contributed by atoms with Crippen LogP contribution in [-0.4, -0.2) is 28.7 Å². The van der Waals surface area contributed by atoms with Gasteiger partial charge in [-0.15, -0.1) is 0 Å². The third-order valence-corrected chi connectivity index (χ3v) is 13.7. The molecule has 0 aliphatic heterocycles. The van der Waals surface area contributed by atoms with Gasteiger partial charge < -0.3 is 13.7 Å². The van der Waals surface area contributed by atoms with Crippen molar-refractivity contribution in [3.8, 4) is 62.4 Å². The predicted molar refractivity (Wildman–Crippen MR) is 285 cm³/mol. The lowest BCUT2D eigenvalue weighted by molar-refractivity contribution is 1.07. The summed E-state index contributed by atoms with van der Waals surface area (Å²) in [6.45, 7) is 0. The first-order valence-corrected chi connectivity index (χ1v) is 23.4. The van der Waals surface area contributed by atoms with Crippen molar-refractivity contribution in [2.24, 2.45) is 0 Å². The molecule has 0 N–H and O–H groups in total. The van der Waals surface area contributed by atoms with Crippen LogP contribution in [0.3, 0.4) is 0 Å². The molecule has 0 unspecified atom stereocenters. The van der Waals surface area contributed by atoms with Crippen LogP contribution in [0.15, 0.2) is 243 Å². The van der Waals surface area contributed by atoms with E-state index in [1.54, 1.807) is 0 Å². The fourth-order valence-corrected chi connectivity index (χ4v) is 10.5. The molecule has 6 heteroatoms. The highest BCUT2D eigenvalue weighted by Crippen LogP contribution is 2.39. The van der Waals surface area contributed by atoms with Crippen LogP contribution in [0.5, 0.6) is 0 Å². The standard InChI is InChI=1S/C63H40N6/c1-3-15-41(16-4-1)61-64-62(42-27-33-47(34-28-42)68-55-23-11-7-19-49(55)50-20-8-12-24-56(50)68)66-63(65-61)43-29-35-48(36-30-43)69-58-26-14-10-22-52(58)54-40-45(32-38-60(54)69)44-31-37-59-53(39-44)51-21-9-13-25-57(51)67(59)46-17-5-2-6-18-46/h1-40H. The number of hydrogen-bond acceptors (Lipinski definition) is 3. The molecule has 14 rings (SSSR count). The Morgan fingerprint density at radius 1 is 0.203 bits per heavy atom.